The van der Waals surface area contributed by atoms with Gasteiger partial charge in [-0.1, -0.05) is 6.07 Å². The Hall–Kier alpha value is -1.91. The Kier molecular flexibility index (Phi) is 3.60. The van der Waals surface area contributed by atoms with Crippen molar-refractivity contribution >= 4 is 17.3 Å². The summed E-state index contributed by atoms with van der Waals surface area (Å²) >= 11 is 0. The molecule has 1 aromatic carbocycles. The summed E-state index contributed by atoms with van der Waals surface area (Å²) in [6, 6.07) is 5.96. The van der Waals surface area contributed by atoms with Crippen molar-refractivity contribution in [2.45, 2.75) is 19.4 Å². The Morgan fingerprint density at radius 3 is 3.00 bits per heavy atom. The number of ether oxygens (including phenoxy) is 1. The number of methoxy groups -OCH3 is 1. The van der Waals surface area contributed by atoms with Crippen LogP contribution in [0.1, 0.15) is 13.3 Å². The predicted octanol–water partition coefficient (Wildman–Crippen LogP) is 0.992. The van der Waals surface area contributed by atoms with Gasteiger partial charge in [-0.25, -0.2) is 0 Å². The van der Waals surface area contributed by atoms with Gasteiger partial charge < -0.3 is 20.7 Å². The summed E-state index contributed by atoms with van der Waals surface area (Å²) in [7, 11) is 1.61. The maximum atomic E-state index is 11.0. The number of amides is 1. The van der Waals surface area contributed by atoms with E-state index >= 15 is 0 Å². The minimum absolute atomic E-state index is 0.0143. The minimum Gasteiger partial charge on any atom is -0.495 e. The van der Waals surface area contributed by atoms with Gasteiger partial charge in [-0.3, -0.25) is 4.79 Å². The number of para-hydroxylation sites is 1. The van der Waals surface area contributed by atoms with Crippen LogP contribution in [0.5, 0.6) is 5.75 Å². The highest BCUT2D eigenvalue weighted by atomic mass is 16.5. The molecule has 1 aliphatic heterocycles. The first-order valence-corrected chi connectivity index (χ1v) is 6.06. The van der Waals surface area contributed by atoms with Crippen LogP contribution in [-0.2, 0) is 4.79 Å². The van der Waals surface area contributed by atoms with Crippen LogP contribution < -0.4 is 20.7 Å². The fraction of sp³-hybridized carbons (Fsp3) is 0.462. The van der Waals surface area contributed by atoms with Crippen LogP contribution in [0, 0.1) is 0 Å². The van der Waals surface area contributed by atoms with Crippen molar-refractivity contribution in [3.05, 3.63) is 18.2 Å². The fourth-order valence-corrected chi connectivity index (χ4v) is 2.37. The zero-order valence-corrected chi connectivity index (χ0v) is 10.8. The van der Waals surface area contributed by atoms with E-state index in [9.17, 15) is 4.79 Å². The zero-order chi connectivity index (χ0) is 13.1. The first kappa shape index (κ1) is 12.5. The van der Waals surface area contributed by atoms with Crippen molar-refractivity contribution in [3.63, 3.8) is 0 Å². The number of nitrogens with zero attached hydrogens (tertiary/aromatic N) is 1. The number of carbonyl (C=O) groups is 1. The number of nitrogens with two attached hydrogens (primary N) is 1. The number of rotatable bonds is 3. The lowest BCUT2D eigenvalue weighted by Crippen LogP contribution is -2.35. The molecule has 5 heteroatoms. The number of anilines is 2. The van der Waals surface area contributed by atoms with E-state index in [1.807, 2.05) is 18.2 Å². The molecule has 0 aliphatic carbocycles. The van der Waals surface area contributed by atoms with Crippen molar-refractivity contribution in [1.82, 2.24) is 5.32 Å². The lowest BCUT2D eigenvalue weighted by molar-refractivity contribution is -0.119. The topological polar surface area (TPSA) is 67.6 Å². The molecule has 2 rings (SSSR count). The van der Waals surface area contributed by atoms with Crippen LogP contribution in [0.15, 0.2) is 18.2 Å². The second kappa shape index (κ2) is 5.16. The highest BCUT2D eigenvalue weighted by molar-refractivity contribution is 5.75. The predicted molar refractivity (Wildman–Crippen MR) is 71.8 cm³/mol. The van der Waals surface area contributed by atoms with Crippen LogP contribution in [0.25, 0.3) is 0 Å². The molecule has 1 atom stereocenters. The molecule has 18 heavy (non-hydrogen) atoms. The first-order chi connectivity index (χ1) is 8.61. The lowest BCUT2D eigenvalue weighted by Gasteiger charge is -2.21. The standard InChI is InChI=1S/C13H19N3O2/c1-9(17)15-10-6-7-16(8-10)11-4-3-5-12(18-2)13(11)14/h3-5,10H,6-8,14H2,1-2H3,(H,15,17). The van der Waals surface area contributed by atoms with Crippen molar-refractivity contribution in [2.75, 3.05) is 30.8 Å². The third-order valence-electron chi connectivity index (χ3n) is 3.20. The van der Waals surface area contributed by atoms with Crippen molar-refractivity contribution in [1.29, 1.82) is 0 Å². The molecule has 1 fully saturated rings. The molecule has 1 heterocycles. The Morgan fingerprint density at radius 1 is 1.56 bits per heavy atom. The number of nitrogen functional groups attached to an aromatic ring is 1. The molecule has 1 amide bonds. The fourth-order valence-electron chi connectivity index (χ4n) is 2.37. The molecule has 1 saturated heterocycles. The molecule has 0 saturated carbocycles. The maximum Gasteiger partial charge on any atom is 0.217 e. The van der Waals surface area contributed by atoms with Crippen LogP contribution in [0.3, 0.4) is 0 Å². The molecule has 0 aromatic heterocycles. The van der Waals surface area contributed by atoms with Crippen LogP contribution in [0.4, 0.5) is 11.4 Å². The monoisotopic (exact) mass is 249 g/mol. The van der Waals surface area contributed by atoms with Gasteiger partial charge >= 0.3 is 0 Å². The molecule has 1 aromatic rings. The summed E-state index contributed by atoms with van der Waals surface area (Å²) in [4.78, 5) is 13.2. The van der Waals surface area contributed by atoms with E-state index in [0.717, 1.165) is 25.2 Å². The van der Waals surface area contributed by atoms with E-state index in [1.54, 1.807) is 14.0 Å². The largest absolute Gasteiger partial charge is 0.495 e. The van der Waals surface area contributed by atoms with Crippen molar-refractivity contribution in [2.24, 2.45) is 0 Å². The Bertz CT molecular complexity index is 448. The maximum absolute atomic E-state index is 11.0. The third-order valence-corrected chi connectivity index (χ3v) is 3.20. The van der Waals surface area contributed by atoms with E-state index in [1.165, 1.54) is 0 Å². The number of hydrogen-bond donors (Lipinski definition) is 2. The van der Waals surface area contributed by atoms with Gasteiger partial charge in [0.15, 0.2) is 0 Å². The number of nitrogens with one attached hydrogen (secondary N) is 1. The van der Waals surface area contributed by atoms with E-state index in [-0.39, 0.29) is 11.9 Å². The Morgan fingerprint density at radius 2 is 2.33 bits per heavy atom. The minimum atomic E-state index is 0.0143. The second-order valence-corrected chi connectivity index (χ2v) is 4.53. The van der Waals surface area contributed by atoms with Gasteiger partial charge in [0.2, 0.25) is 5.91 Å². The van der Waals surface area contributed by atoms with Crippen LogP contribution in [0.2, 0.25) is 0 Å². The van der Waals surface area contributed by atoms with Gasteiger partial charge in [-0.2, -0.15) is 0 Å². The summed E-state index contributed by atoms with van der Waals surface area (Å²) in [5.74, 6) is 0.705. The molecule has 0 spiro atoms. The van der Waals surface area contributed by atoms with Crippen LogP contribution in [-0.4, -0.2) is 32.1 Å². The number of benzene rings is 1. The van der Waals surface area contributed by atoms with Gasteiger partial charge in [0.1, 0.15) is 5.75 Å². The molecular formula is C13H19N3O2. The van der Waals surface area contributed by atoms with E-state index in [0.29, 0.717) is 11.4 Å². The normalized spacial score (nSPS) is 18.8. The molecule has 1 unspecified atom stereocenters. The molecule has 98 valence electrons. The summed E-state index contributed by atoms with van der Waals surface area (Å²) in [5.41, 5.74) is 7.70. The summed E-state index contributed by atoms with van der Waals surface area (Å²) < 4.78 is 5.22. The zero-order valence-electron chi connectivity index (χ0n) is 10.8. The Balaban J connectivity index is 2.12. The van der Waals surface area contributed by atoms with Gasteiger partial charge in [0.25, 0.3) is 0 Å². The van der Waals surface area contributed by atoms with E-state index < -0.39 is 0 Å². The summed E-state index contributed by atoms with van der Waals surface area (Å²) in [6.07, 6.45) is 0.941. The quantitative estimate of drug-likeness (QED) is 0.784. The molecule has 0 bridgehead atoms. The van der Waals surface area contributed by atoms with Gasteiger partial charge in [-0.05, 0) is 18.6 Å². The number of carbonyl (C=O) groups excluding carboxylic acids is 1. The molecule has 5 nitrogen and oxygen atoms in total. The van der Waals surface area contributed by atoms with Crippen LogP contribution >= 0.6 is 0 Å². The van der Waals surface area contributed by atoms with Crippen molar-refractivity contribution < 1.29 is 9.53 Å². The third kappa shape index (κ3) is 2.50. The number of hydrogen-bond acceptors (Lipinski definition) is 4. The lowest BCUT2D eigenvalue weighted by atomic mass is 10.2. The van der Waals surface area contributed by atoms with E-state index in [2.05, 4.69) is 10.2 Å². The average Bonchev–Trinajstić information content (AvgIpc) is 2.76. The smallest absolute Gasteiger partial charge is 0.217 e. The average molecular weight is 249 g/mol. The molecule has 1 aliphatic rings. The molecular weight excluding hydrogens is 230 g/mol. The van der Waals surface area contributed by atoms with Gasteiger partial charge in [0.05, 0.1) is 18.5 Å². The summed E-state index contributed by atoms with van der Waals surface area (Å²) in [6.45, 7) is 3.22. The highest BCUT2D eigenvalue weighted by Crippen LogP contribution is 2.33. The van der Waals surface area contributed by atoms with Gasteiger partial charge in [-0.15, -0.1) is 0 Å². The highest BCUT2D eigenvalue weighted by Gasteiger charge is 2.24. The van der Waals surface area contributed by atoms with E-state index in [4.69, 9.17) is 10.5 Å². The summed E-state index contributed by atoms with van der Waals surface area (Å²) in [5, 5.41) is 2.94. The Labute approximate surface area is 107 Å². The SMILES string of the molecule is COc1cccc(N2CCC(NC(C)=O)C2)c1N. The molecule has 0 radical (unpaired) electrons. The van der Waals surface area contributed by atoms with Crippen molar-refractivity contribution in [3.8, 4) is 5.75 Å². The second-order valence-electron chi connectivity index (χ2n) is 4.53. The molecule has 3 N–H and O–H groups in total. The first-order valence-electron chi connectivity index (χ1n) is 6.06. The van der Waals surface area contributed by atoms with Gasteiger partial charge in [0, 0.05) is 26.1 Å².